The Labute approximate surface area is 162 Å². The van der Waals surface area contributed by atoms with Gasteiger partial charge in [0.2, 0.25) is 5.13 Å². The zero-order chi connectivity index (χ0) is 17.8. The summed E-state index contributed by atoms with van der Waals surface area (Å²) in [5.74, 6) is 1.38. The Balaban J connectivity index is 1.82. The Morgan fingerprint density at radius 2 is 1.80 bits per heavy atom. The number of amides is 1. The molecule has 25 heavy (non-hydrogen) atoms. The van der Waals surface area contributed by atoms with Crippen LogP contribution in [0.4, 0.5) is 5.13 Å². The summed E-state index contributed by atoms with van der Waals surface area (Å²) >= 11 is 3.23. The molecular formula is C17H14IN3O3S. The van der Waals surface area contributed by atoms with Crippen LogP contribution in [0.25, 0.3) is 11.4 Å². The van der Waals surface area contributed by atoms with E-state index in [0.29, 0.717) is 28.0 Å². The normalized spacial score (nSPS) is 10.4. The molecule has 1 aromatic heterocycles. The molecule has 0 radical (unpaired) electrons. The molecule has 8 heteroatoms. The third kappa shape index (κ3) is 3.90. The first-order chi connectivity index (χ1) is 12.1. The summed E-state index contributed by atoms with van der Waals surface area (Å²) in [5.41, 5.74) is 1.38. The maximum Gasteiger partial charge on any atom is 0.258 e. The second kappa shape index (κ2) is 7.79. The van der Waals surface area contributed by atoms with E-state index in [9.17, 15) is 4.79 Å². The number of rotatable bonds is 5. The molecule has 0 atom stereocenters. The van der Waals surface area contributed by atoms with Gasteiger partial charge in [0.25, 0.3) is 5.91 Å². The van der Waals surface area contributed by atoms with Gasteiger partial charge in [0.1, 0.15) is 0 Å². The third-order valence-corrected chi connectivity index (χ3v) is 4.92. The smallest absolute Gasteiger partial charge is 0.258 e. The van der Waals surface area contributed by atoms with Crippen LogP contribution in [-0.4, -0.2) is 29.5 Å². The topological polar surface area (TPSA) is 73.3 Å². The highest BCUT2D eigenvalue weighted by Crippen LogP contribution is 2.32. The largest absolute Gasteiger partial charge is 0.493 e. The van der Waals surface area contributed by atoms with Crippen molar-refractivity contribution in [3.63, 3.8) is 0 Å². The minimum atomic E-state index is -0.277. The average molecular weight is 467 g/mol. The van der Waals surface area contributed by atoms with Gasteiger partial charge in [-0.1, -0.05) is 30.3 Å². The summed E-state index contributed by atoms with van der Waals surface area (Å²) in [5, 5.41) is 3.22. The molecule has 1 heterocycles. The van der Waals surface area contributed by atoms with Crippen molar-refractivity contribution in [2.24, 2.45) is 0 Å². The molecule has 0 aliphatic rings. The Morgan fingerprint density at radius 3 is 2.48 bits per heavy atom. The monoisotopic (exact) mass is 467 g/mol. The number of aromatic nitrogens is 2. The summed E-state index contributed by atoms with van der Waals surface area (Å²) in [4.78, 5) is 16.9. The van der Waals surface area contributed by atoms with E-state index >= 15 is 0 Å². The van der Waals surface area contributed by atoms with Crippen molar-refractivity contribution in [1.82, 2.24) is 9.36 Å². The van der Waals surface area contributed by atoms with Gasteiger partial charge in [0.15, 0.2) is 17.3 Å². The maximum absolute atomic E-state index is 12.6. The van der Waals surface area contributed by atoms with Gasteiger partial charge in [0, 0.05) is 20.7 Å². The number of carbonyl (C=O) groups is 1. The molecule has 2 aromatic carbocycles. The molecule has 0 saturated heterocycles. The molecule has 3 rings (SSSR count). The highest BCUT2D eigenvalue weighted by Gasteiger charge is 2.17. The summed E-state index contributed by atoms with van der Waals surface area (Å²) < 4.78 is 15.5. The van der Waals surface area contributed by atoms with Gasteiger partial charge in [-0.05, 0) is 34.7 Å². The van der Waals surface area contributed by atoms with Crippen molar-refractivity contribution >= 4 is 45.2 Å². The van der Waals surface area contributed by atoms with Gasteiger partial charge in [-0.25, -0.2) is 0 Å². The van der Waals surface area contributed by atoms with E-state index in [0.717, 1.165) is 20.7 Å². The summed E-state index contributed by atoms with van der Waals surface area (Å²) in [6.45, 7) is 0. The number of anilines is 1. The molecule has 1 N–H and O–H groups in total. The molecule has 0 aliphatic carbocycles. The second-order valence-corrected chi connectivity index (χ2v) is 6.84. The summed E-state index contributed by atoms with van der Waals surface area (Å²) in [6, 6.07) is 13.0. The summed E-state index contributed by atoms with van der Waals surface area (Å²) in [6.07, 6.45) is 0. The van der Waals surface area contributed by atoms with Crippen LogP contribution in [0.5, 0.6) is 11.5 Å². The number of benzene rings is 2. The fourth-order valence-corrected chi connectivity index (χ4v) is 3.44. The van der Waals surface area contributed by atoms with Crippen LogP contribution in [0.1, 0.15) is 10.4 Å². The number of methoxy groups -OCH3 is 2. The highest BCUT2D eigenvalue weighted by atomic mass is 127. The van der Waals surface area contributed by atoms with Gasteiger partial charge >= 0.3 is 0 Å². The number of ether oxygens (including phenoxy) is 2. The number of nitrogens with zero attached hydrogens (tertiary/aromatic N) is 2. The molecular weight excluding hydrogens is 453 g/mol. The Bertz CT molecular complexity index is 899. The Kier molecular flexibility index (Phi) is 5.49. The first kappa shape index (κ1) is 17.6. The van der Waals surface area contributed by atoms with E-state index in [1.54, 1.807) is 19.2 Å². The standard InChI is InChI=1S/C17H14IN3O3S/c1-23-13-8-11(12(18)9-14(13)24-2)16(22)20-17-19-15(21-25-17)10-6-4-3-5-7-10/h3-9H,1-2H3,(H,19,20,21,22). The van der Waals surface area contributed by atoms with Crippen LogP contribution in [0.3, 0.4) is 0 Å². The molecule has 128 valence electrons. The van der Waals surface area contributed by atoms with Crippen molar-refractivity contribution in [2.45, 2.75) is 0 Å². The number of halogens is 1. The van der Waals surface area contributed by atoms with Crippen LogP contribution in [-0.2, 0) is 0 Å². The van der Waals surface area contributed by atoms with Crippen LogP contribution < -0.4 is 14.8 Å². The van der Waals surface area contributed by atoms with E-state index in [2.05, 4.69) is 37.3 Å². The predicted octanol–water partition coefficient (Wildman–Crippen LogP) is 4.08. The molecule has 0 bridgehead atoms. The number of nitrogens with one attached hydrogen (secondary N) is 1. The van der Waals surface area contributed by atoms with E-state index in [1.165, 1.54) is 7.11 Å². The number of hydrogen-bond donors (Lipinski definition) is 1. The number of hydrogen-bond acceptors (Lipinski definition) is 6. The predicted molar refractivity (Wildman–Crippen MR) is 106 cm³/mol. The zero-order valence-electron chi connectivity index (χ0n) is 13.4. The lowest BCUT2D eigenvalue weighted by Crippen LogP contribution is -2.13. The SMILES string of the molecule is COc1cc(I)c(C(=O)Nc2nc(-c3ccccc3)ns2)cc1OC. The molecule has 1 amide bonds. The van der Waals surface area contributed by atoms with E-state index < -0.39 is 0 Å². The van der Waals surface area contributed by atoms with Crippen molar-refractivity contribution < 1.29 is 14.3 Å². The molecule has 0 unspecified atom stereocenters. The van der Waals surface area contributed by atoms with Crippen LogP contribution >= 0.6 is 34.1 Å². The lowest BCUT2D eigenvalue weighted by molar-refractivity contribution is 0.102. The minimum Gasteiger partial charge on any atom is -0.493 e. The lowest BCUT2D eigenvalue weighted by Gasteiger charge is -2.11. The number of carbonyl (C=O) groups excluding carboxylic acids is 1. The van der Waals surface area contributed by atoms with Gasteiger partial charge in [-0.2, -0.15) is 9.36 Å². The maximum atomic E-state index is 12.6. The van der Waals surface area contributed by atoms with Gasteiger partial charge < -0.3 is 9.47 Å². The van der Waals surface area contributed by atoms with Crippen LogP contribution in [0, 0.1) is 3.57 Å². The second-order valence-electron chi connectivity index (χ2n) is 4.93. The van der Waals surface area contributed by atoms with E-state index in [1.807, 2.05) is 30.3 Å². The Hall–Kier alpha value is -2.20. The van der Waals surface area contributed by atoms with Crippen molar-refractivity contribution in [3.05, 3.63) is 51.6 Å². The highest BCUT2D eigenvalue weighted by molar-refractivity contribution is 14.1. The lowest BCUT2D eigenvalue weighted by atomic mass is 10.2. The zero-order valence-corrected chi connectivity index (χ0v) is 16.4. The van der Waals surface area contributed by atoms with Crippen molar-refractivity contribution in [3.8, 4) is 22.9 Å². The Morgan fingerprint density at radius 1 is 1.12 bits per heavy atom. The first-order valence-electron chi connectivity index (χ1n) is 7.24. The average Bonchev–Trinajstić information content (AvgIpc) is 3.10. The van der Waals surface area contributed by atoms with Crippen molar-refractivity contribution in [1.29, 1.82) is 0 Å². The van der Waals surface area contributed by atoms with Gasteiger partial charge in [-0.15, -0.1) is 0 Å². The first-order valence-corrected chi connectivity index (χ1v) is 9.09. The van der Waals surface area contributed by atoms with E-state index in [4.69, 9.17) is 9.47 Å². The van der Waals surface area contributed by atoms with Gasteiger partial charge in [-0.3, -0.25) is 10.1 Å². The van der Waals surface area contributed by atoms with Gasteiger partial charge in [0.05, 0.1) is 19.8 Å². The van der Waals surface area contributed by atoms with Crippen LogP contribution in [0.15, 0.2) is 42.5 Å². The molecule has 0 saturated carbocycles. The molecule has 6 nitrogen and oxygen atoms in total. The molecule has 0 spiro atoms. The quantitative estimate of drug-likeness (QED) is 0.573. The summed E-state index contributed by atoms with van der Waals surface area (Å²) in [7, 11) is 3.09. The minimum absolute atomic E-state index is 0.277. The molecule has 0 aliphatic heterocycles. The third-order valence-electron chi connectivity index (χ3n) is 3.40. The fourth-order valence-electron chi connectivity index (χ4n) is 2.17. The van der Waals surface area contributed by atoms with E-state index in [-0.39, 0.29) is 5.91 Å². The molecule has 3 aromatic rings. The molecule has 0 fully saturated rings. The van der Waals surface area contributed by atoms with Crippen LogP contribution in [0.2, 0.25) is 0 Å². The fraction of sp³-hybridized carbons (Fsp3) is 0.118. The van der Waals surface area contributed by atoms with Crippen molar-refractivity contribution in [2.75, 3.05) is 19.5 Å².